The highest BCUT2D eigenvalue weighted by molar-refractivity contribution is 7.58. The van der Waals surface area contributed by atoms with Gasteiger partial charge >= 0.3 is 13.6 Å². The maximum atomic E-state index is 14.1. The van der Waals surface area contributed by atoms with Crippen molar-refractivity contribution >= 4 is 13.6 Å². The quantitative estimate of drug-likeness (QED) is 0.192. The van der Waals surface area contributed by atoms with Crippen molar-refractivity contribution in [2.75, 3.05) is 19.8 Å². The van der Waals surface area contributed by atoms with Crippen LogP contribution in [0, 0.1) is 0 Å². The minimum absolute atomic E-state index is 0.00567. The van der Waals surface area contributed by atoms with Crippen LogP contribution in [0.4, 0.5) is 0 Å². The van der Waals surface area contributed by atoms with E-state index in [1.807, 2.05) is 74.5 Å². The summed E-state index contributed by atoms with van der Waals surface area (Å²) in [6.07, 6.45) is -3.25. The lowest BCUT2D eigenvalue weighted by Gasteiger charge is -2.40. The highest BCUT2D eigenvalue weighted by atomic mass is 31.2. The fourth-order valence-corrected chi connectivity index (χ4v) is 5.91. The highest BCUT2D eigenvalue weighted by Gasteiger charge is 2.50. The van der Waals surface area contributed by atoms with Gasteiger partial charge in [0, 0.05) is 6.92 Å². The fourth-order valence-electron chi connectivity index (χ4n) is 4.05. The number of hydrogen-bond acceptors (Lipinski definition) is 9. The van der Waals surface area contributed by atoms with Crippen molar-refractivity contribution in [1.29, 1.82) is 0 Å². The Hall–Kier alpha value is -2.36. The minimum atomic E-state index is -4.02. The molecule has 0 aromatic heterocycles. The Morgan fingerprint density at radius 2 is 1.49 bits per heavy atom. The molecule has 10 heteroatoms. The van der Waals surface area contributed by atoms with Crippen molar-refractivity contribution in [2.24, 2.45) is 0 Å². The van der Waals surface area contributed by atoms with Gasteiger partial charge in [-0.25, -0.2) is 0 Å². The van der Waals surface area contributed by atoms with Gasteiger partial charge in [0.25, 0.3) is 0 Å². The van der Waals surface area contributed by atoms with Crippen LogP contribution in [0.25, 0.3) is 0 Å². The third-order valence-corrected chi connectivity index (χ3v) is 7.80. The zero-order chi connectivity index (χ0) is 28.3. The lowest BCUT2D eigenvalue weighted by molar-refractivity contribution is -0.220. The summed E-state index contributed by atoms with van der Waals surface area (Å²) in [5.41, 5.74) is 1.88. The molecule has 0 saturated carbocycles. The Kier molecular flexibility index (Phi) is 12.3. The molecule has 2 aromatic rings. The molecule has 1 aliphatic rings. The minimum Gasteiger partial charge on any atom is -0.427 e. The molecule has 1 aliphatic heterocycles. The molecule has 0 radical (unpaired) electrons. The Morgan fingerprint density at radius 3 is 2.00 bits per heavy atom. The standard InChI is InChI=1S/C29H39O9P/c1-6-34-39(31,35-7-2)28-27(37-22(5)30)26(33-19-24-16-12-9-13-17-24)25(38-29(28)36-21(3)4)20-32-18-23-14-10-8-11-15-23/h8-17,21,25-26,29H,6-7,18-20H2,1-5H3/t25-,26+,29+/m1/s1. The van der Waals surface area contributed by atoms with Gasteiger partial charge in [0.15, 0.2) is 12.0 Å². The van der Waals surface area contributed by atoms with E-state index in [1.54, 1.807) is 13.8 Å². The first-order valence-corrected chi connectivity index (χ1v) is 14.7. The number of carbonyl (C=O) groups excluding carboxylic acids is 1. The molecule has 0 amide bonds. The molecule has 0 aliphatic carbocycles. The highest BCUT2D eigenvalue weighted by Crippen LogP contribution is 2.61. The maximum absolute atomic E-state index is 14.1. The largest absolute Gasteiger partial charge is 0.427 e. The van der Waals surface area contributed by atoms with Gasteiger partial charge in [-0.15, -0.1) is 0 Å². The monoisotopic (exact) mass is 562 g/mol. The Labute approximate surface area is 230 Å². The molecule has 0 saturated heterocycles. The Morgan fingerprint density at radius 1 is 0.923 bits per heavy atom. The molecule has 39 heavy (non-hydrogen) atoms. The first-order valence-electron chi connectivity index (χ1n) is 13.2. The van der Waals surface area contributed by atoms with E-state index in [9.17, 15) is 9.36 Å². The number of esters is 1. The molecule has 214 valence electrons. The second kappa shape index (κ2) is 15.4. The van der Waals surface area contributed by atoms with E-state index < -0.39 is 32.1 Å². The Bertz CT molecular complexity index is 1090. The smallest absolute Gasteiger partial charge is 0.365 e. The topological polar surface area (TPSA) is 98.8 Å². The molecule has 2 aromatic carbocycles. The molecule has 0 spiro atoms. The molecule has 0 fully saturated rings. The van der Waals surface area contributed by atoms with Crippen molar-refractivity contribution in [1.82, 2.24) is 0 Å². The fraction of sp³-hybridized carbons (Fsp3) is 0.483. The molecule has 1 heterocycles. The van der Waals surface area contributed by atoms with Crippen LogP contribution in [0.15, 0.2) is 71.7 Å². The van der Waals surface area contributed by atoms with Crippen molar-refractivity contribution in [3.8, 4) is 0 Å². The summed E-state index contributed by atoms with van der Waals surface area (Å²) in [6.45, 7) is 9.05. The number of carbonyl (C=O) groups is 1. The van der Waals surface area contributed by atoms with Crippen LogP contribution >= 0.6 is 7.60 Å². The van der Waals surface area contributed by atoms with E-state index in [2.05, 4.69) is 0 Å². The second-order valence-electron chi connectivity index (χ2n) is 9.09. The van der Waals surface area contributed by atoms with Gasteiger partial charge in [0.1, 0.15) is 17.5 Å². The third kappa shape index (κ3) is 9.08. The average Bonchev–Trinajstić information content (AvgIpc) is 2.89. The van der Waals surface area contributed by atoms with Gasteiger partial charge in [-0.2, -0.15) is 0 Å². The van der Waals surface area contributed by atoms with E-state index in [1.165, 1.54) is 6.92 Å². The summed E-state index contributed by atoms with van der Waals surface area (Å²) in [4.78, 5) is 12.4. The number of rotatable bonds is 15. The van der Waals surface area contributed by atoms with Crippen molar-refractivity contribution in [2.45, 2.75) is 72.4 Å². The van der Waals surface area contributed by atoms with Crippen LogP contribution in [-0.4, -0.2) is 50.4 Å². The zero-order valence-corrected chi connectivity index (χ0v) is 24.1. The van der Waals surface area contributed by atoms with Gasteiger partial charge in [-0.3, -0.25) is 9.36 Å². The van der Waals surface area contributed by atoms with Crippen LogP contribution in [0.2, 0.25) is 0 Å². The summed E-state index contributed by atoms with van der Waals surface area (Å²) in [5.74, 6) is -0.626. The average molecular weight is 563 g/mol. The van der Waals surface area contributed by atoms with Gasteiger partial charge in [0.05, 0.1) is 39.1 Å². The van der Waals surface area contributed by atoms with Crippen LogP contribution in [0.5, 0.6) is 0 Å². The predicted octanol–water partition coefficient (Wildman–Crippen LogP) is 5.98. The SMILES string of the molecule is CCOP(=O)(OCC)C1=C(OC(C)=O)[C@@H](OCc2ccccc2)[C@@H](COCc2ccccc2)O[C@@H]1OC(C)C. The molecular formula is C29H39O9P. The van der Waals surface area contributed by atoms with Crippen molar-refractivity contribution < 1.29 is 42.1 Å². The summed E-state index contributed by atoms with van der Waals surface area (Å²) < 4.78 is 55.9. The van der Waals surface area contributed by atoms with Gasteiger partial charge in [-0.1, -0.05) is 60.7 Å². The van der Waals surface area contributed by atoms with Crippen LogP contribution in [0.3, 0.4) is 0 Å². The van der Waals surface area contributed by atoms with Crippen molar-refractivity contribution in [3.05, 3.63) is 82.9 Å². The summed E-state index contributed by atoms with van der Waals surface area (Å²) in [7, 11) is -4.02. The summed E-state index contributed by atoms with van der Waals surface area (Å²) >= 11 is 0. The van der Waals surface area contributed by atoms with Gasteiger partial charge in [-0.05, 0) is 38.8 Å². The predicted molar refractivity (Wildman–Crippen MR) is 146 cm³/mol. The van der Waals surface area contributed by atoms with Gasteiger partial charge < -0.3 is 32.7 Å². The molecule has 3 atom stereocenters. The lowest BCUT2D eigenvalue weighted by Crippen LogP contribution is -2.47. The number of ether oxygens (including phenoxy) is 5. The molecule has 0 N–H and O–H groups in total. The van der Waals surface area contributed by atoms with E-state index >= 15 is 0 Å². The first kappa shape index (κ1) is 31.2. The Balaban J connectivity index is 2.06. The van der Waals surface area contributed by atoms with Crippen molar-refractivity contribution in [3.63, 3.8) is 0 Å². The summed E-state index contributed by atoms with van der Waals surface area (Å²) in [6, 6.07) is 19.2. The molecule has 0 bridgehead atoms. The first-order chi connectivity index (χ1) is 18.8. The number of hydrogen-bond donors (Lipinski definition) is 0. The molecule has 9 nitrogen and oxygen atoms in total. The molecule has 3 rings (SSSR count). The molecule has 0 unspecified atom stereocenters. The lowest BCUT2D eigenvalue weighted by atomic mass is 10.1. The van der Waals surface area contributed by atoms with E-state index in [0.717, 1.165) is 11.1 Å². The van der Waals surface area contributed by atoms with Crippen LogP contribution < -0.4 is 0 Å². The van der Waals surface area contributed by atoms with Gasteiger partial charge in [0.2, 0.25) is 0 Å². The van der Waals surface area contributed by atoms with Crippen LogP contribution in [-0.2, 0) is 55.3 Å². The van der Waals surface area contributed by atoms with E-state index in [4.69, 9.17) is 32.7 Å². The third-order valence-electron chi connectivity index (χ3n) is 5.58. The van der Waals surface area contributed by atoms with Crippen LogP contribution in [0.1, 0.15) is 45.7 Å². The molecular weight excluding hydrogens is 523 g/mol. The van der Waals surface area contributed by atoms with E-state index in [0.29, 0.717) is 6.61 Å². The maximum Gasteiger partial charge on any atom is 0.365 e. The normalized spacial score (nSPS) is 19.9. The van der Waals surface area contributed by atoms with E-state index in [-0.39, 0.29) is 43.6 Å². The number of benzene rings is 2. The second-order valence-corrected chi connectivity index (χ2v) is 11.1. The zero-order valence-electron chi connectivity index (χ0n) is 23.2. The summed E-state index contributed by atoms with van der Waals surface area (Å²) in [5, 5.41) is -0.0209.